The lowest BCUT2D eigenvalue weighted by Crippen LogP contribution is -2.02. The van der Waals surface area contributed by atoms with Crippen molar-refractivity contribution in [3.8, 4) is 11.5 Å². The van der Waals surface area contributed by atoms with Crippen molar-refractivity contribution in [1.29, 1.82) is 0 Å². The first kappa shape index (κ1) is 22.3. The maximum Gasteiger partial charge on any atom is 0.409 e. The van der Waals surface area contributed by atoms with E-state index in [0.717, 1.165) is 44.1 Å². The fourth-order valence-corrected chi connectivity index (χ4v) is 2.84. The van der Waals surface area contributed by atoms with Crippen molar-refractivity contribution in [2.45, 2.75) is 72.6 Å². The molecule has 0 amide bonds. The van der Waals surface area contributed by atoms with Gasteiger partial charge in [-0.25, -0.2) is 4.79 Å². The molecule has 0 fully saturated rings. The summed E-state index contributed by atoms with van der Waals surface area (Å²) in [6, 6.07) is 3.58. The van der Waals surface area contributed by atoms with E-state index in [4.69, 9.17) is 16.3 Å². The molecule has 1 aromatic carbocycles. The number of carbonyl (C=O) groups is 1. The van der Waals surface area contributed by atoms with Crippen molar-refractivity contribution in [3.63, 3.8) is 0 Å². The highest BCUT2D eigenvalue weighted by Gasteiger charge is 2.13. The summed E-state index contributed by atoms with van der Waals surface area (Å²) in [6.07, 6.45) is 10.9. The van der Waals surface area contributed by atoms with Gasteiger partial charge in [-0.2, -0.15) is 0 Å². The number of benzene rings is 1. The largest absolute Gasteiger partial charge is 0.508 e. The van der Waals surface area contributed by atoms with E-state index in [0.29, 0.717) is 17.7 Å². The summed E-state index contributed by atoms with van der Waals surface area (Å²) in [4.78, 5) is 11.2. The fourth-order valence-electron chi connectivity index (χ4n) is 2.76. The molecule has 1 aromatic rings. The molecule has 0 saturated heterocycles. The highest BCUT2D eigenvalue weighted by atomic mass is 35.5. The number of phenols is 1. The molecule has 1 rings (SSSR count). The number of carbonyl (C=O) groups excluding carboxylic acids is 1. The summed E-state index contributed by atoms with van der Waals surface area (Å²) in [7, 11) is 0. The third-order valence-corrected chi connectivity index (χ3v) is 4.33. The van der Waals surface area contributed by atoms with Crippen LogP contribution >= 0.6 is 11.6 Å². The fraction of sp³-hybridized carbons (Fsp3) is 0.500. The maximum absolute atomic E-state index is 11.2. The van der Waals surface area contributed by atoms with Gasteiger partial charge < -0.3 is 9.84 Å². The van der Waals surface area contributed by atoms with Gasteiger partial charge in [0, 0.05) is 17.2 Å². The molecule has 0 aromatic heterocycles. The zero-order valence-corrected chi connectivity index (χ0v) is 17.2. The highest BCUT2D eigenvalue weighted by molar-refractivity contribution is 6.61. The smallest absolute Gasteiger partial charge is 0.409 e. The second kappa shape index (κ2) is 11.8. The first-order chi connectivity index (χ1) is 12.3. The summed E-state index contributed by atoms with van der Waals surface area (Å²) in [5.41, 5.74) is 3.21. The van der Waals surface area contributed by atoms with Crippen molar-refractivity contribution in [3.05, 3.63) is 46.6 Å². The van der Waals surface area contributed by atoms with E-state index < -0.39 is 5.43 Å². The van der Waals surface area contributed by atoms with Crippen LogP contribution in [0.4, 0.5) is 4.79 Å². The van der Waals surface area contributed by atoms with Crippen molar-refractivity contribution in [2.75, 3.05) is 0 Å². The third-order valence-electron chi connectivity index (χ3n) is 4.25. The number of rotatable bonds is 10. The van der Waals surface area contributed by atoms with Crippen molar-refractivity contribution in [2.24, 2.45) is 0 Å². The molecule has 0 saturated carbocycles. The van der Waals surface area contributed by atoms with Crippen LogP contribution in [0, 0.1) is 0 Å². The second-order valence-electron chi connectivity index (χ2n) is 6.96. The second-order valence-corrected chi connectivity index (χ2v) is 7.27. The van der Waals surface area contributed by atoms with Crippen LogP contribution in [0.15, 0.2) is 35.4 Å². The number of aromatic hydroxyl groups is 1. The van der Waals surface area contributed by atoms with Crippen LogP contribution in [0.3, 0.4) is 0 Å². The lowest BCUT2D eigenvalue weighted by molar-refractivity contribution is 0.225. The van der Waals surface area contributed by atoms with E-state index in [2.05, 4.69) is 39.8 Å². The summed E-state index contributed by atoms with van der Waals surface area (Å²) in [5.74, 6) is 0.505. The SMILES string of the molecule is CCCCCc1cc(O)c(CC=C(C)CCC=C(C)C)c(OC(=O)Cl)c1. The standard InChI is InChI=1S/C22H31ClO3/c1-5-6-7-11-18-14-20(24)19(21(15-18)26-22(23)25)13-12-17(4)10-8-9-16(2)3/h9,12,14-15,24H,5-8,10-11,13H2,1-4H3. The average molecular weight is 379 g/mol. The molecule has 0 aliphatic rings. The van der Waals surface area contributed by atoms with Crippen molar-refractivity contribution < 1.29 is 14.6 Å². The zero-order chi connectivity index (χ0) is 19.5. The summed E-state index contributed by atoms with van der Waals surface area (Å²) < 4.78 is 5.15. The van der Waals surface area contributed by atoms with Crippen molar-refractivity contribution in [1.82, 2.24) is 0 Å². The number of allylic oxidation sites excluding steroid dienone is 4. The number of hydrogen-bond acceptors (Lipinski definition) is 3. The minimum Gasteiger partial charge on any atom is -0.508 e. The summed E-state index contributed by atoms with van der Waals surface area (Å²) in [6.45, 7) is 8.40. The van der Waals surface area contributed by atoms with E-state index >= 15 is 0 Å². The van der Waals surface area contributed by atoms with Crippen molar-refractivity contribution >= 4 is 17.0 Å². The Kier molecular flexibility index (Phi) is 10.1. The van der Waals surface area contributed by atoms with Crippen LogP contribution < -0.4 is 4.74 Å². The molecule has 0 spiro atoms. The van der Waals surface area contributed by atoms with Gasteiger partial charge in [-0.05, 0) is 70.6 Å². The molecule has 0 aliphatic heterocycles. The molecule has 4 heteroatoms. The molecule has 0 radical (unpaired) electrons. The molecule has 0 atom stereocenters. The van der Waals surface area contributed by atoms with E-state index in [-0.39, 0.29) is 5.75 Å². The Bertz CT molecular complexity index is 656. The number of phenolic OH excluding ortho intramolecular Hbond substituents is 1. The monoisotopic (exact) mass is 378 g/mol. The zero-order valence-electron chi connectivity index (χ0n) is 16.4. The molecule has 0 unspecified atom stereocenters. The van der Waals surface area contributed by atoms with Gasteiger partial charge in [-0.15, -0.1) is 0 Å². The Morgan fingerprint density at radius 2 is 1.92 bits per heavy atom. The molecule has 0 aliphatic carbocycles. The highest BCUT2D eigenvalue weighted by Crippen LogP contribution is 2.32. The Morgan fingerprint density at radius 1 is 1.19 bits per heavy atom. The van der Waals surface area contributed by atoms with Gasteiger partial charge in [0.25, 0.3) is 0 Å². The number of halogens is 1. The molecule has 1 N–H and O–H groups in total. The topological polar surface area (TPSA) is 46.5 Å². The van der Waals surface area contributed by atoms with Gasteiger partial charge in [0.15, 0.2) is 0 Å². The van der Waals surface area contributed by atoms with Crippen LogP contribution in [-0.2, 0) is 12.8 Å². The molecule has 3 nitrogen and oxygen atoms in total. The average Bonchev–Trinajstić information content (AvgIpc) is 2.53. The quantitative estimate of drug-likeness (QED) is 0.268. The molecule has 0 heterocycles. The first-order valence-corrected chi connectivity index (χ1v) is 9.72. The Balaban J connectivity index is 2.93. The lowest BCUT2D eigenvalue weighted by atomic mass is 10.0. The number of ether oxygens (including phenoxy) is 1. The molecular weight excluding hydrogens is 348 g/mol. The normalized spacial score (nSPS) is 11.3. The summed E-state index contributed by atoms with van der Waals surface area (Å²) >= 11 is 5.41. The Hall–Kier alpha value is -1.74. The molecule has 26 heavy (non-hydrogen) atoms. The van der Waals surface area contributed by atoms with E-state index in [1.54, 1.807) is 6.07 Å². The third kappa shape index (κ3) is 8.57. The summed E-state index contributed by atoms with van der Waals surface area (Å²) in [5, 5.41) is 10.4. The lowest BCUT2D eigenvalue weighted by Gasteiger charge is -2.12. The van der Waals surface area contributed by atoms with Gasteiger partial charge in [-0.3, -0.25) is 0 Å². The van der Waals surface area contributed by atoms with Crippen LogP contribution in [0.5, 0.6) is 11.5 Å². The Morgan fingerprint density at radius 3 is 2.54 bits per heavy atom. The number of hydrogen-bond donors (Lipinski definition) is 1. The maximum atomic E-state index is 11.2. The van der Waals surface area contributed by atoms with Gasteiger partial charge in [0.05, 0.1) is 0 Å². The van der Waals surface area contributed by atoms with Crippen LogP contribution in [-0.4, -0.2) is 10.5 Å². The molecule has 0 bridgehead atoms. The predicted molar refractivity (Wildman–Crippen MR) is 109 cm³/mol. The minimum absolute atomic E-state index is 0.153. The van der Waals surface area contributed by atoms with E-state index in [1.807, 2.05) is 6.07 Å². The van der Waals surface area contributed by atoms with Gasteiger partial charge in [0.2, 0.25) is 0 Å². The van der Waals surface area contributed by atoms with Gasteiger partial charge in [-0.1, -0.05) is 43.1 Å². The van der Waals surface area contributed by atoms with Gasteiger partial charge >= 0.3 is 5.43 Å². The van der Waals surface area contributed by atoms with Crippen LogP contribution in [0.25, 0.3) is 0 Å². The number of unbranched alkanes of at least 4 members (excludes halogenated alkanes) is 2. The molecular formula is C22H31ClO3. The number of aryl methyl sites for hydroxylation is 1. The first-order valence-electron chi connectivity index (χ1n) is 9.34. The van der Waals surface area contributed by atoms with E-state index in [1.165, 1.54) is 11.1 Å². The predicted octanol–water partition coefficient (Wildman–Crippen LogP) is 7.10. The van der Waals surface area contributed by atoms with E-state index in [9.17, 15) is 9.90 Å². The van der Waals surface area contributed by atoms with Crippen LogP contribution in [0.1, 0.15) is 70.9 Å². The minimum atomic E-state index is -0.888. The molecule has 144 valence electrons. The van der Waals surface area contributed by atoms with Gasteiger partial charge in [0.1, 0.15) is 11.5 Å². The Labute approximate surface area is 162 Å². The van der Waals surface area contributed by atoms with Crippen LogP contribution in [0.2, 0.25) is 0 Å².